The van der Waals surface area contributed by atoms with Gasteiger partial charge in [0.25, 0.3) is 0 Å². The minimum absolute atomic E-state index is 0.759. The van der Waals surface area contributed by atoms with Crippen molar-refractivity contribution in [3.63, 3.8) is 0 Å². The van der Waals surface area contributed by atoms with Crippen molar-refractivity contribution < 1.29 is 9.47 Å². The van der Waals surface area contributed by atoms with Crippen LogP contribution in [0.1, 0.15) is 24.0 Å². The van der Waals surface area contributed by atoms with Gasteiger partial charge in [-0.3, -0.25) is 4.90 Å². The fourth-order valence-electron chi connectivity index (χ4n) is 3.93. The van der Waals surface area contributed by atoms with Crippen LogP contribution in [0.25, 0.3) is 10.8 Å². The molecule has 110 valence electrons. The number of benzene rings is 2. The molecule has 0 aliphatic carbocycles. The summed E-state index contributed by atoms with van der Waals surface area (Å²) in [4.78, 5) is 2.64. The highest BCUT2D eigenvalue weighted by atomic mass is 16.5. The van der Waals surface area contributed by atoms with Crippen LogP contribution in [0.3, 0.4) is 0 Å². The van der Waals surface area contributed by atoms with Crippen LogP contribution in [0.4, 0.5) is 0 Å². The van der Waals surface area contributed by atoms with Crippen LogP contribution in [0.15, 0.2) is 24.3 Å². The maximum Gasteiger partial charge on any atom is 0.161 e. The summed E-state index contributed by atoms with van der Waals surface area (Å²) in [5, 5.41) is 2.56. The quantitative estimate of drug-likeness (QED) is 0.843. The first kappa shape index (κ1) is 13.0. The van der Waals surface area contributed by atoms with Crippen molar-refractivity contribution in [2.24, 2.45) is 0 Å². The molecule has 1 saturated heterocycles. The fraction of sp³-hybridized carbons (Fsp3) is 0.444. The van der Waals surface area contributed by atoms with E-state index in [0.717, 1.165) is 24.1 Å². The Kier molecular flexibility index (Phi) is 3.03. The molecule has 0 amide bonds. The van der Waals surface area contributed by atoms with Crippen LogP contribution in [0.5, 0.6) is 11.5 Å². The van der Waals surface area contributed by atoms with Gasteiger partial charge >= 0.3 is 0 Å². The zero-order chi connectivity index (χ0) is 14.4. The van der Waals surface area contributed by atoms with E-state index in [1.54, 1.807) is 14.2 Å². The molecule has 0 radical (unpaired) electrons. The average Bonchev–Trinajstić information content (AvgIpc) is 2.98. The van der Waals surface area contributed by atoms with Gasteiger partial charge in [-0.1, -0.05) is 12.1 Å². The molecule has 0 spiro atoms. The lowest BCUT2D eigenvalue weighted by Gasteiger charge is -2.32. The number of methoxy groups -OCH3 is 2. The number of ether oxygens (including phenoxy) is 2. The highest BCUT2D eigenvalue weighted by Gasteiger charge is 2.30. The van der Waals surface area contributed by atoms with Crippen molar-refractivity contribution in [3.8, 4) is 11.5 Å². The molecule has 0 bridgehead atoms. The predicted octanol–water partition coefficient (Wildman–Crippen LogP) is 3.38. The number of hydrogen-bond acceptors (Lipinski definition) is 3. The molecule has 2 aromatic carbocycles. The summed E-state index contributed by atoms with van der Waals surface area (Å²) in [6, 6.07) is 9.52. The second-order valence-corrected chi connectivity index (χ2v) is 6.10. The minimum atomic E-state index is 0.759. The van der Waals surface area contributed by atoms with Crippen LogP contribution in [0, 0.1) is 0 Å². The Hall–Kier alpha value is -1.74. The first-order valence-electron chi connectivity index (χ1n) is 7.70. The minimum Gasteiger partial charge on any atom is -0.493 e. The molecule has 0 aromatic heterocycles. The summed E-state index contributed by atoms with van der Waals surface area (Å²) in [5.41, 5.74) is 2.99. The van der Waals surface area contributed by atoms with E-state index in [9.17, 15) is 0 Å². The molecule has 2 aliphatic rings. The Labute approximate surface area is 125 Å². The number of fused-ring (bicyclic) bond motifs is 4. The highest BCUT2D eigenvalue weighted by molar-refractivity contribution is 5.90. The molecule has 0 saturated carbocycles. The van der Waals surface area contributed by atoms with Crippen LogP contribution >= 0.6 is 0 Å². The van der Waals surface area contributed by atoms with Gasteiger partial charge in [-0.25, -0.2) is 0 Å². The zero-order valence-corrected chi connectivity index (χ0v) is 12.7. The smallest absolute Gasteiger partial charge is 0.161 e. The maximum absolute atomic E-state index is 5.48. The van der Waals surface area contributed by atoms with Crippen LogP contribution in [0.2, 0.25) is 0 Å². The van der Waals surface area contributed by atoms with Gasteiger partial charge in [-0.15, -0.1) is 0 Å². The summed E-state index contributed by atoms with van der Waals surface area (Å²) >= 11 is 0. The van der Waals surface area contributed by atoms with Gasteiger partial charge in [-0.2, -0.15) is 0 Å². The van der Waals surface area contributed by atoms with Crippen molar-refractivity contribution in [1.82, 2.24) is 4.90 Å². The lowest BCUT2D eigenvalue weighted by molar-refractivity contribution is 0.229. The van der Waals surface area contributed by atoms with Gasteiger partial charge in [0.1, 0.15) is 0 Å². The lowest BCUT2D eigenvalue weighted by atomic mass is 9.90. The number of hydrogen-bond donors (Lipinski definition) is 0. The van der Waals surface area contributed by atoms with Crippen LogP contribution in [-0.4, -0.2) is 31.7 Å². The topological polar surface area (TPSA) is 21.7 Å². The third kappa shape index (κ3) is 1.99. The van der Waals surface area contributed by atoms with Gasteiger partial charge in [0.15, 0.2) is 11.5 Å². The highest BCUT2D eigenvalue weighted by Crippen LogP contribution is 2.38. The summed E-state index contributed by atoms with van der Waals surface area (Å²) in [6.07, 6.45) is 3.89. The summed E-state index contributed by atoms with van der Waals surface area (Å²) in [6.45, 7) is 2.32. The molecule has 2 heterocycles. The maximum atomic E-state index is 5.48. The van der Waals surface area contributed by atoms with E-state index in [1.165, 1.54) is 47.7 Å². The van der Waals surface area contributed by atoms with Gasteiger partial charge in [0.05, 0.1) is 14.2 Å². The Morgan fingerprint density at radius 3 is 2.71 bits per heavy atom. The van der Waals surface area contributed by atoms with E-state index < -0.39 is 0 Å². The summed E-state index contributed by atoms with van der Waals surface area (Å²) < 4.78 is 10.9. The molecule has 0 N–H and O–H groups in total. The predicted molar refractivity (Wildman–Crippen MR) is 84.2 cm³/mol. The number of nitrogens with zero attached hydrogens (tertiary/aromatic N) is 1. The Morgan fingerprint density at radius 2 is 1.90 bits per heavy atom. The van der Waals surface area contributed by atoms with Crippen molar-refractivity contribution in [1.29, 1.82) is 0 Å². The van der Waals surface area contributed by atoms with Crippen molar-refractivity contribution in [2.45, 2.75) is 31.8 Å². The molecule has 1 unspecified atom stereocenters. The standard InChI is InChI=1S/C18H21NO2/c1-20-17-9-13-6-5-12-8-14-4-3-7-19(14)11-16(12)15(13)10-18(17)21-2/h5-6,9-10,14H,3-4,7-8,11H2,1-2H3. The second kappa shape index (κ2) is 4.92. The third-order valence-corrected chi connectivity index (χ3v) is 5.05. The molecular formula is C18H21NO2. The number of rotatable bonds is 2. The zero-order valence-electron chi connectivity index (χ0n) is 12.7. The Morgan fingerprint density at radius 1 is 1.10 bits per heavy atom. The average molecular weight is 283 g/mol. The van der Waals surface area contributed by atoms with Gasteiger partial charge in [-0.05, 0) is 59.8 Å². The Bertz CT molecular complexity index is 695. The first-order chi connectivity index (χ1) is 10.3. The second-order valence-electron chi connectivity index (χ2n) is 6.10. The molecule has 1 atom stereocenters. The summed E-state index contributed by atoms with van der Waals surface area (Å²) in [7, 11) is 3.40. The van der Waals surface area contributed by atoms with Crippen LogP contribution < -0.4 is 9.47 Å². The molecule has 3 nitrogen and oxygen atoms in total. The molecular weight excluding hydrogens is 262 g/mol. The van der Waals surface area contributed by atoms with Gasteiger partial charge in [0, 0.05) is 12.6 Å². The lowest BCUT2D eigenvalue weighted by Crippen LogP contribution is -2.35. The summed E-state index contributed by atoms with van der Waals surface area (Å²) in [5.74, 6) is 1.63. The van der Waals surface area contributed by atoms with Gasteiger partial charge in [0.2, 0.25) is 0 Å². The van der Waals surface area contributed by atoms with Crippen molar-refractivity contribution in [2.75, 3.05) is 20.8 Å². The molecule has 1 fully saturated rings. The molecule has 3 heteroatoms. The monoisotopic (exact) mass is 283 g/mol. The Balaban J connectivity index is 1.89. The van der Waals surface area contributed by atoms with E-state index in [4.69, 9.17) is 9.47 Å². The fourth-order valence-corrected chi connectivity index (χ4v) is 3.93. The molecule has 2 aromatic rings. The normalized spacial score (nSPS) is 21.1. The van der Waals surface area contributed by atoms with Crippen molar-refractivity contribution >= 4 is 10.8 Å². The molecule has 2 aliphatic heterocycles. The van der Waals surface area contributed by atoms with E-state index in [1.807, 2.05) is 0 Å². The van der Waals surface area contributed by atoms with E-state index >= 15 is 0 Å². The first-order valence-corrected chi connectivity index (χ1v) is 7.70. The molecule has 21 heavy (non-hydrogen) atoms. The van der Waals surface area contributed by atoms with E-state index in [0.29, 0.717) is 0 Å². The van der Waals surface area contributed by atoms with E-state index in [2.05, 4.69) is 29.2 Å². The molecule has 4 rings (SSSR count). The van der Waals surface area contributed by atoms with Gasteiger partial charge < -0.3 is 9.47 Å². The largest absolute Gasteiger partial charge is 0.493 e. The third-order valence-electron chi connectivity index (χ3n) is 5.05. The van der Waals surface area contributed by atoms with E-state index in [-0.39, 0.29) is 0 Å². The SMILES string of the molecule is COc1cc2ccc3c(c2cc1OC)CN1CCCC1C3. The van der Waals surface area contributed by atoms with Crippen molar-refractivity contribution in [3.05, 3.63) is 35.4 Å². The van der Waals surface area contributed by atoms with Crippen LogP contribution in [-0.2, 0) is 13.0 Å².